The highest BCUT2D eigenvalue weighted by atomic mass is 32.2. The summed E-state index contributed by atoms with van der Waals surface area (Å²) < 4.78 is 33.4. The molecule has 1 aromatic heterocycles. The van der Waals surface area contributed by atoms with Gasteiger partial charge in [0, 0.05) is 20.6 Å². The Labute approximate surface area is 183 Å². The lowest BCUT2D eigenvalue weighted by atomic mass is 9.87. The number of esters is 1. The van der Waals surface area contributed by atoms with Crippen LogP contribution < -0.4 is 0 Å². The van der Waals surface area contributed by atoms with Crippen LogP contribution in [0.15, 0.2) is 47.4 Å². The van der Waals surface area contributed by atoms with Crippen LogP contribution in [0.5, 0.6) is 0 Å². The lowest BCUT2D eigenvalue weighted by Gasteiger charge is -2.18. The second-order valence-corrected chi connectivity index (χ2v) is 10.8. The van der Waals surface area contributed by atoms with Gasteiger partial charge >= 0.3 is 5.97 Å². The number of aromatic nitrogens is 2. The van der Waals surface area contributed by atoms with Crippen molar-refractivity contribution in [3.63, 3.8) is 0 Å². The van der Waals surface area contributed by atoms with Crippen molar-refractivity contribution in [2.75, 3.05) is 14.1 Å². The van der Waals surface area contributed by atoms with E-state index >= 15 is 0 Å². The summed E-state index contributed by atoms with van der Waals surface area (Å²) in [6, 6.07) is 12.3. The SMILES string of the molecule is CCn1c(COC(=O)c2ccc(C(C)(C)C)cc2)nc2cc(S(=O)(=O)N(C)C)ccc21. The average Bonchev–Trinajstić information content (AvgIpc) is 3.07. The fourth-order valence-electron chi connectivity index (χ4n) is 3.31. The Kier molecular flexibility index (Phi) is 6.25. The predicted octanol–water partition coefficient (Wildman–Crippen LogP) is 3.96. The van der Waals surface area contributed by atoms with Crippen molar-refractivity contribution in [1.29, 1.82) is 0 Å². The van der Waals surface area contributed by atoms with Crippen LogP contribution in [0.2, 0.25) is 0 Å². The van der Waals surface area contributed by atoms with Crippen molar-refractivity contribution in [2.24, 2.45) is 0 Å². The summed E-state index contributed by atoms with van der Waals surface area (Å²) in [5.41, 5.74) is 2.96. The molecule has 0 atom stereocenters. The molecule has 0 spiro atoms. The highest BCUT2D eigenvalue weighted by Gasteiger charge is 2.20. The second kappa shape index (κ2) is 8.43. The first kappa shape index (κ1) is 23.0. The average molecular weight is 444 g/mol. The van der Waals surface area contributed by atoms with E-state index in [2.05, 4.69) is 25.8 Å². The van der Waals surface area contributed by atoms with Crippen LogP contribution in [0.3, 0.4) is 0 Å². The van der Waals surface area contributed by atoms with Gasteiger partial charge in [0.05, 0.1) is 21.5 Å². The lowest BCUT2D eigenvalue weighted by Crippen LogP contribution is -2.22. The molecule has 0 bridgehead atoms. The van der Waals surface area contributed by atoms with Gasteiger partial charge in [0.25, 0.3) is 0 Å². The molecule has 0 aliphatic heterocycles. The van der Waals surface area contributed by atoms with Crippen LogP contribution in [0.1, 0.15) is 49.4 Å². The molecule has 0 radical (unpaired) electrons. The fraction of sp³-hybridized carbons (Fsp3) is 0.391. The number of carbonyl (C=O) groups is 1. The molecule has 8 heteroatoms. The third kappa shape index (κ3) is 4.65. The zero-order valence-electron chi connectivity index (χ0n) is 18.8. The summed E-state index contributed by atoms with van der Waals surface area (Å²) in [5.74, 6) is 0.141. The second-order valence-electron chi connectivity index (χ2n) is 8.61. The number of sulfonamides is 1. The highest BCUT2D eigenvalue weighted by Crippen LogP contribution is 2.24. The quantitative estimate of drug-likeness (QED) is 0.539. The molecule has 0 amide bonds. The van der Waals surface area contributed by atoms with Gasteiger partial charge in [0.1, 0.15) is 12.4 Å². The Hall–Kier alpha value is -2.71. The van der Waals surface area contributed by atoms with Crippen LogP contribution >= 0.6 is 0 Å². The monoisotopic (exact) mass is 443 g/mol. The Morgan fingerprint density at radius 2 is 1.74 bits per heavy atom. The molecule has 0 saturated heterocycles. The zero-order chi connectivity index (χ0) is 23.0. The van der Waals surface area contributed by atoms with Crippen LogP contribution in [0.4, 0.5) is 0 Å². The van der Waals surface area contributed by atoms with E-state index in [1.54, 1.807) is 30.3 Å². The van der Waals surface area contributed by atoms with E-state index in [-0.39, 0.29) is 16.9 Å². The molecule has 0 aliphatic carbocycles. The number of hydrogen-bond donors (Lipinski definition) is 0. The van der Waals surface area contributed by atoms with E-state index in [0.717, 1.165) is 11.1 Å². The zero-order valence-corrected chi connectivity index (χ0v) is 19.7. The van der Waals surface area contributed by atoms with Crippen molar-refractivity contribution >= 4 is 27.0 Å². The topological polar surface area (TPSA) is 81.5 Å². The van der Waals surface area contributed by atoms with E-state index in [1.165, 1.54) is 18.4 Å². The van der Waals surface area contributed by atoms with Crippen LogP contribution in [-0.2, 0) is 33.3 Å². The first-order valence-electron chi connectivity index (χ1n) is 10.1. The van der Waals surface area contributed by atoms with Gasteiger partial charge in [-0.25, -0.2) is 22.5 Å². The minimum Gasteiger partial charge on any atom is -0.454 e. The highest BCUT2D eigenvalue weighted by molar-refractivity contribution is 7.89. The third-order valence-corrected chi connectivity index (χ3v) is 7.02. The van der Waals surface area contributed by atoms with Crippen molar-refractivity contribution < 1.29 is 17.9 Å². The van der Waals surface area contributed by atoms with Gasteiger partial charge in [-0.2, -0.15) is 0 Å². The number of benzene rings is 2. The van der Waals surface area contributed by atoms with Crippen LogP contribution in [0.25, 0.3) is 11.0 Å². The number of fused-ring (bicyclic) bond motifs is 1. The number of nitrogens with zero attached hydrogens (tertiary/aromatic N) is 3. The summed E-state index contributed by atoms with van der Waals surface area (Å²) in [7, 11) is -0.578. The predicted molar refractivity (Wildman–Crippen MR) is 121 cm³/mol. The van der Waals surface area contributed by atoms with Gasteiger partial charge in [-0.05, 0) is 48.2 Å². The molecule has 166 valence electrons. The molecule has 0 N–H and O–H groups in total. The first-order chi connectivity index (χ1) is 14.4. The van der Waals surface area contributed by atoms with Gasteiger partial charge in [0.2, 0.25) is 10.0 Å². The molecule has 3 aromatic rings. The summed E-state index contributed by atoms with van der Waals surface area (Å²) in [6.07, 6.45) is 0. The van der Waals surface area contributed by atoms with Gasteiger partial charge in [-0.15, -0.1) is 0 Å². The van der Waals surface area contributed by atoms with E-state index < -0.39 is 16.0 Å². The molecule has 0 aliphatic rings. The Morgan fingerprint density at radius 3 is 2.29 bits per heavy atom. The number of carbonyl (C=O) groups excluding carboxylic acids is 1. The molecule has 0 fully saturated rings. The number of rotatable bonds is 6. The Morgan fingerprint density at radius 1 is 1.10 bits per heavy atom. The molecule has 31 heavy (non-hydrogen) atoms. The van der Waals surface area contributed by atoms with Gasteiger partial charge in [0.15, 0.2) is 0 Å². The third-order valence-electron chi connectivity index (χ3n) is 5.21. The smallest absolute Gasteiger partial charge is 0.338 e. The van der Waals surface area contributed by atoms with Gasteiger partial charge in [-0.1, -0.05) is 32.9 Å². The number of ether oxygens (including phenoxy) is 1. The van der Waals surface area contributed by atoms with Crippen molar-refractivity contribution in [3.8, 4) is 0 Å². The van der Waals surface area contributed by atoms with Crippen molar-refractivity contribution in [2.45, 2.75) is 51.2 Å². The van der Waals surface area contributed by atoms with Crippen molar-refractivity contribution in [1.82, 2.24) is 13.9 Å². The molecule has 7 nitrogen and oxygen atoms in total. The Balaban J connectivity index is 1.83. The first-order valence-corrected chi connectivity index (χ1v) is 11.6. The molecule has 2 aromatic carbocycles. The maximum absolute atomic E-state index is 12.5. The normalized spacial score (nSPS) is 12.5. The number of imidazole rings is 1. The molecule has 0 saturated carbocycles. The summed E-state index contributed by atoms with van der Waals surface area (Å²) >= 11 is 0. The van der Waals surface area contributed by atoms with E-state index in [0.29, 0.717) is 23.4 Å². The van der Waals surface area contributed by atoms with Gasteiger partial charge in [-0.3, -0.25) is 0 Å². The van der Waals surface area contributed by atoms with E-state index in [4.69, 9.17) is 4.74 Å². The Bertz CT molecular complexity index is 1200. The summed E-state index contributed by atoms with van der Waals surface area (Å²) in [5, 5.41) is 0. The molecule has 3 rings (SSSR count). The number of aryl methyl sites for hydroxylation is 1. The number of hydrogen-bond acceptors (Lipinski definition) is 5. The summed E-state index contributed by atoms with van der Waals surface area (Å²) in [6.45, 7) is 8.92. The minimum absolute atomic E-state index is 0.00185. The van der Waals surface area contributed by atoms with E-state index in [1.807, 2.05) is 23.6 Å². The molecule has 0 unspecified atom stereocenters. The van der Waals surface area contributed by atoms with Crippen LogP contribution in [0, 0.1) is 0 Å². The molecule has 1 heterocycles. The maximum atomic E-state index is 12.5. The van der Waals surface area contributed by atoms with E-state index in [9.17, 15) is 13.2 Å². The lowest BCUT2D eigenvalue weighted by molar-refractivity contribution is 0.0458. The van der Waals surface area contributed by atoms with Gasteiger partial charge < -0.3 is 9.30 Å². The maximum Gasteiger partial charge on any atom is 0.338 e. The minimum atomic E-state index is -3.56. The standard InChI is InChI=1S/C23H29N3O4S/c1-7-26-20-13-12-18(31(28,29)25(5)6)14-19(20)24-21(26)15-30-22(27)16-8-10-17(11-9-16)23(2,3)4/h8-14H,7,15H2,1-6H3. The fourth-order valence-corrected chi connectivity index (χ4v) is 4.24. The van der Waals surface area contributed by atoms with Crippen molar-refractivity contribution in [3.05, 3.63) is 59.4 Å². The molecular weight excluding hydrogens is 414 g/mol. The largest absolute Gasteiger partial charge is 0.454 e. The summed E-state index contributed by atoms with van der Waals surface area (Å²) in [4.78, 5) is 17.2. The molecular formula is C23H29N3O4S. The van der Waals surface area contributed by atoms with Crippen LogP contribution in [-0.4, -0.2) is 42.3 Å².